The smallest absolute Gasteiger partial charge is 0.225 e. The molecule has 0 unspecified atom stereocenters. The maximum absolute atomic E-state index is 11.3. The fourth-order valence-electron chi connectivity index (χ4n) is 1.23. The molecule has 17 heavy (non-hydrogen) atoms. The van der Waals surface area contributed by atoms with E-state index >= 15 is 0 Å². The Hall–Kier alpha value is -1.78. The first-order chi connectivity index (χ1) is 8.02. The Kier molecular flexibility index (Phi) is 2.92. The van der Waals surface area contributed by atoms with E-state index in [1.54, 1.807) is 6.07 Å². The van der Waals surface area contributed by atoms with Crippen LogP contribution in [0.5, 0.6) is 0 Å². The molecule has 2 aromatic rings. The highest BCUT2D eigenvalue weighted by molar-refractivity contribution is 7.90. The number of sulfone groups is 1. The molecule has 5 nitrogen and oxygen atoms in total. The van der Waals surface area contributed by atoms with Gasteiger partial charge in [0.15, 0.2) is 0 Å². The van der Waals surface area contributed by atoms with E-state index in [2.05, 4.69) is 9.97 Å². The molecule has 86 valence electrons. The van der Waals surface area contributed by atoms with Gasteiger partial charge in [0.05, 0.1) is 16.6 Å². The summed E-state index contributed by atoms with van der Waals surface area (Å²) in [5.74, 6) is 0. The van der Waals surface area contributed by atoms with Crippen molar-refractivity contribution in [2.24, 2.45) is 0 Å². The predicted molar refractivity (Wildman–Crippen MR) is 63.2 cm³/mol. The summed E-state index contributed by atoms with van der Waals surface area (Å²) in [7, 11) is -3.47. The van der Waals surface area contributed by atoms with Gasteiger partial charge in [-0.2, -0.15) is 5.26 Å². The average molecular weight is 265 g/mol. The van der Waals surface area contributed by atoms with Crippen LogP contribution in [0.2, 0.25) is 0 Å². The number of rotatable bonds is 2. The van der Waals surface area contributed by atoms with E-state index < -0.39 is 9.84 Å². The largest absolute Gasteiger partial charge is 0.247 e. The first kappa shape index (κ1) is 11.7. The van der Waals surface area contributed by atoms with Crippen LogP contribution in [0.3, 0.4) is 0 Å². The summed E-state index contributed by atoms with van der Waals surface area (Å²) < 4.78 is 22.7. The van der Waals surface area contributed by atoms with Gasteiger partial charge in [-0.15, -0.1) is 11.3 Å². The molecule has 0 saturated carbocycles. The van der Waals surface area contributed by atoms with Crippen molar-refractivity contribution in [3.05, 3.63) is 29.3 Å². The Balaban J connectivity index is 2.69. The lowest BCUT2D eigenvalue weighted by atomic mass is 10.2. The maximum atomic E-state index is 11.3. The minimum atomic E-state index is -3.47. The van der Waals surface area contributed by atoms with E-state index in [-0.39, 0.29) is 10.7 Å². The van der Waals surface area contributed by atoms with E-state index in [4.69, 9.17) is 5.26 Å². The second-order valence-electron chi connectivity index (χ2n) is 3.28. The van der Waals surface area contributed by atoms with Gasteiger partial charge in [0.1, 0.15) is 11.8 Å². The van der Waals surface area contributed by atoms with Crippen molar-refractivity contribution in [3.8, 4) is 16.6 Å². The van der Waals surface area contributed by atoms with Gasteiger partial charge in [-0.05, 0) is 11.4 Å². The summed E-state index contributed by atoms with van der Waals surface area (Å²) in [5.41, 5.74) is 0.623. The van der Waals surface area contributed by atoms with Crippen LogP contribution in [0.25, 0.3) is 10.6 Å². The summed E-state index contributed by atoms with van der Waals surface area (Å²) in [4.78, 5) is 8.36. The molecule has 0 N–H and O–H groups in total. The molecule has 0 radical (unpaired) electrons. The van der Waals surface area contributed by atoms with Crippen LogP contribution in [0, 0.1) is 11.3 Å². The Bertz CT molecular complexity index is 685. The van der Waals surface area contributed by atoms with Crippen molar-refractivity contribution in [2.75, 3.05) is 6.26 Å². The summed E-state index contributed by atoms with van der Waals surface area (Å²) in [6.45, 7) is 0. The van der Waals surface area contributed by atoms with Gasteiger partial charge >= 0.3 is 0 Å². The van der Waals surface area contributed by atoms with Crippen molar-refractivity contribution in [3.63, 3.8) is 0 Å². The Labute approximate surface area is 102 Å². The number of thiophene rings is 1. The minimum Gasteiger partial charge on any atom is -0.225 e. The Morgan fingerprint density at radius 2 is 2.24 bits per heavy atom. The molecule has 0 bridgehead atoms. The topological polar surface area (TPSA) is 83.7 Å². The van der Waals surface area contributed by atoms with Crippen LogP contribution >= 0.6 is 11.3 Å². The molecule has 0 spiro atoms. The zero-order valence-electron chi connectivity index (χ0n) is 8.78. The molecule has 0 fully saturated rings. The van der Waals surface area contributed by atoms with Gasteiger partial charge < -0.3 is 0 Å². The SMILES string of the molecule is CS(=O)(=O)c1ncc(C#N)c(-c2cccs2)n1. The van der Waals surface area contributed by atoms with Crippen molar-refractivity contribution in [1.82, 2.24) is 9.97 Å². The lowest BCUT2D eigenvalue weighted by Gasteiger charge is -2.02. The second-order valence-corrected chi connectivity index (χ2v) is 6.13. The van der Waals surface area contributed by atoms with Gasteiger partial charge in [-0.3, -0.25) is 0 Å². The number of hydrogen-bond donors (Lipinski definition) is 0. The fraction of sp³-hybridized carbons (Fsp3) is 0.100. The fourth-order valence-corrected chi connectivity index (χ4v) is 2.46. The standard InChI is InChI=1S/C10H7N3O2S2/c1-17(14,15)10-12-6-7(5-11)9(13-10)8-3-2-4-16-8/h2-4,6H,1H3. The third kappa shape index (κ3) is 2.33. The van der Waals surface area contributed by atoms with Crippen molar-refractivity contribution in [2.45, 2.75) is 5.16 Å². The predicted octanol–water partition coefficient (Wildman–Crippen LogP) is 1.48. The van der Waals surface area contributed by atoms with Gasteiger partial charge in [0.25, 0.3) is 0 Å². The van der Waals surface area contributed by atoms with Gasteiger partial charge in [0.2, 0.25) is 15.0 Å². The van der Waals surface area contributed by atoms with E-state index in [1.165, 1.54) is 17.5 Å². The van der Waals surface area contributed by atoms with E-state index in [0.29, 0.717) is 5.69 Å². The Morgan fingerprint density at radius 3 is 2.76 bits per heavy atom. The summed E-state index contributed by atoms with van der Waals surface area (Å²) >= 11 is 1.39. The first-order valence-corrected chi connectivity index (χ1v) is 7.30. The number of nitriles is 1. The third-order valence-corrected chi connectivity index (χ3v) is 3.71. The Morgan fingerprint density at radius 1 is 1.47 bits per heavy atom. The second kappa shape index (κ2) is 4.24. The molecule has 2 aromatic heterocycles. The van der Waals surface area contributed by atoms with Crippen LogP contribution in [0.15, 0.2) is 28.9 Å². The van der Waals surface area contributed by atoms with Crippen LogP contribution in [0.1, 0.15) is 5.56 Å². The molecule has 0 atom stereocenters. The summed E-state index contributed by atoms with van der Waals surface area (Å²) in [5, 5.41) is 10.5. The lowest BCUT2D eigenvalue weighted by molar-refractivity contribution is 0.593. The van der Waals surface area contributed by atoms with Crippen molar-refractivity contribution in [1.29, 1.82) is 5.26 Å². The minimum absolute atomic E-state index is 0.264. The van der Waals surface area contributed by atoms with E-state index in [9.17, 15) is 8.42 Å². The molecule has 0 amide bonds. The molecular weight excluding hydrogens is 258 g/mol. The number of hydrogen-bond acceptors (Lipinski definition) is 6. The summed E-state index contributed by atoms with van der Waals surface area (Å²) in [6.07, 6.45) is 2.27. The van der Waals surface area contributed by atoms with Crippen molar-refractivity contribution < 1.29 is 8.42 Å². The van der Waals surface area contributed by atoms with Crippen LogP contribution in [0.4, 0.5) is 0 Å². The van der Waals surface area contributed by atoms with Gasteiger partial charge in [-0.25, -0.2) is 18.4 Å². The zero-order chi connectivity index (χ0) is 12.5. The van der Waals surface area contributed by atoms with Crippen LogP contribution < -0.4 is 0 Å². The van der Waals surface area contributed by atoms with Crippen molar-refractivity contribution >= 4 is 21.2 Å². The monoisotopic (exact) mass is 265 g/mol. The first-order valence-electron chi connectivity index (χ1n) is 4.53. The molecule has 0 aliphatic rings. The molecule has 0 aliphatic carbocycles. The van der Waals surface area contributed by atoms with E-state index in [1.807, 2.05) is 17.5 Å². The molecule has 0 aromatic carbocycles. The highest BCUT2D eigenvalue weighted by atomic mass is 32.2. The molecule has 2 heterocycles. The lowest BCUT2D eigenvalue weighted by Crippen LogP contribution is -2.05. The maximum Gasteiger partial charge on any atom is 0.247 e. The molecule has 7 heteroatoms. The highest BCUT2D eigenvalue weighted by Gasteiger charge is 2.16. The quantitative estimate of drug-likeness (QED) is 0.768. The normalized spacial score (nSPS) is 11.1. The van der Waals surface area contributed by atoms with E-state index in [0.717, 1.165) is 11.1 Å². The summed E-state index contributed by atoms with van der Waals surface area (Å²) in [6, 6.07) is 5.54. The highest BCUT2D eigenvalue weighted by Crippen LogP contribution is 2.26. The number of aromatic nitrogens is 2. The molecule has 0 saturated heterocycles. The van der Waals surface area contributed by atoms with Gasteiger partial charge in [-0.1, -0.05) is 6.07 Å². The average Bonchev–Trinajstić information content (AvgIpc) is 2.80. The molecular formula is C10H7N3O2S2. The van der Waals surface area contributed by atoms with Crippen LogP contribution in [-0.2, 0) is 9.84 Å². The third-order valence-electron chi connectivity index (χ3n) is 1.97. The molecule has 0 aliphatic heterocycles. The number of nitrogens with zero attached hydrogens (tertiary/aromatic N) is 3. The zero-order valence-corrected chi connectivity index (χ0v) is 10.4. The van der Waals surface area contributed by atoms with Gasteiger partial charge in [0, 0.05) is 6.26 Å². The molecule has 2 rings (SSSR count). The van der Waals surface area contributed by atoms with Crippen LogP contribution in [-0.4, -0.2) is 24.6 Å².